The zero-order chi connectivity index (χ0) is 22.9. The molecule has 2 aromatic heterocycles. The largest absolute Gasteiger partial charge is 0.379 e. The average molecular weight is 452 g/mol. The number of pyridine rings is 1. The van der Waals surface area contributed by atoms with Crippen molar-refractivity contribution in [1.29, 1.82) is 0 Å². The number of amides is 1. The number of ether oxygens (including phenoxy) is 2. The Morgan fingerprint density at radius 2 is 2.15 bits per heavy atom. The standard InChI is InChI=1S/C24H29N5O4/c1-15-12-17(5-6-19(15)24(31)28-9-11-33-16(2)13-28)26-22-21-20(7-8-25-23(21)30)29(27-22)18-4-3-10-32-14-18/h5-8,12,16,18H,3-4,9-11,13-14H2,1-2H3,(H,25,30)(H,26,27). The minimum Gasteiger partial charge on any atom is -0.379 e. The Labute approximate surface area is 191 Å². The van der Waals surface area contributed by atoms with Crippen molar-refractivity contribution >= 4 is 28.3 Å². The number of nitrogens with one attached hydrogen (secondary N) is 2. The molecule has 4 heterocycles. The van der Waals surface area contributed by atoms with Crippen molar-refractivity contribution in [2.45, 2.75) is 38.8 Å². The summed E-state index contributed by atoms with van der Waals surface area (Å²) in [6, 6.07) is 7.58. The third-order valence-corrected chi connectivity index (χ3v) is 6.36. The van der Waals surface area contributed by atoms with Crippen LogP contribution in [0.1, 0.15) is 41.7 Å². The third-order valence-electron chi connectivity index (χ3n) is 6.36. The second-order valence-electron chi connectivity index (χ2n) is 8.82. The predicted octanol–water partition coefficient (Wildman–Crippen LogP) is 2.99. The Balaban J connectivity index is 1.43. The average Bonchev–Trinajstić information content (AvgIpc) is 3.19. The van der Waals surface area contributed by atoms with Gasteiger partial charge in [-0.2, -0.15) is 5.10 Å². The summed E-state index contributed by atoms with van der Waals surface area (Å²) in [7, 11) is 0. The van der Waals surface area contributed by atoms with E-state index in [2.05, 4.69) is 10.3 Å². The van der Waals surface area contributed by atoms with Gasteiger partial charge in [-0.1, -0.05) is 0 Å². The molecule has 9 heteroatoms. The molecular formula is C24H29N5O4. The number of carbonyl (C=O) groups excluding carboxylic acids is 1. The highest BCUT2D eigenvalue weighted by Crippen LogP contribution is 2.29. The number of H-pyrrole nitrogens is 1. The zero-order valence-electron chi connectivity index (χ0n) is 19.0. The summed E-state index contributed by atoms with van der Waals surface area (Å²) < 4.78 is 13.1. The monoisotopic (exact) mass is 451 g/mol. The lowest BCUT2D eigenvalue weighted by Crippen LogP contribution is -2.44. The van der Waals surface area contributed by atoms with Crippen molar-refractivity contribution < 1.29 is 14.3 Å². The Morgan fingerprint density at radius 3 is 2.91 bits per heavy atom. The zero-order valence-corrected chi connectivity index (χ0v) is 19.0. The molecule has 0 spiro atoms. The second kappa shape index (κ2) is 8.99. The number of hydrogen-bond donors (Lipinski definition) is 2. The predicted molar refractivity (Wildman–Crippen MR) is 125 cm³/mol. The molecule has 2 aliphatic heterocycles. The molecule has 1 aromatic carbocycles. The van der Waals surface area contributed by atoms with Crippen molar-refractivity contribution in [2.24, 2.45) is 0 Å². The third kappa shape index (κ3) is 4.26. The summed E-state index contributed by atoms with van der Waals surface area (Å²) in [4.78, 5) is 30.3. The van der Waals surface area contributed by atoms with Gasteiger partial charge in [0.05, 0.1) is 30.9 Å². The smallest absolute Gasteiger partial charge is 0.261 e. The van der Waals surface area contributed by atoms with Crippen LogP contribution in [0.15, 0.2) is 35.3 Å². The van der Waals surface area contributed by atoms with Gasteiger partial charge in [0.15, 0.2) is 5.82 Å². The van der Waals surface area contributed by atoms with Crippen LogP contribution in [-0.4, -0.2) is 64.6 Å². The molecule has 2 unspecified atom stereocenters. The van der Waals surface area contributed by atoms with Gasteiger partial charge in [0.25, 0.3) is 11.5 Å². The number of aromatic nitrogens is 3. The number of benzene rings is 1. The number of carbonyl (C=O) groups is 1. The molecule has 2 N–H and O–H groups in total. The van der Waals surface area contributed by atoms with E-state index in [4.69, 9.17) is 14.6 Å². The second-order valence-corrected chi connectivity index (χ2v) is 8.82. The van der Waals surface area contributed by atoms with Crippen molar-refractivity contribution in [1.82, 2.24) is 19.7 Å². The first-order chi connectivity index (χ1) is 16.0. The number of hydrogen-bond acceptors (Lipinski definition) is 6. The summed E-state index contributed by atoms with van der Waals surface area (Å²) >= 11 is 0. The van der Waals surface area contributed by atoms with Gasteiger partial charge in [0.2, 0.25) is 0 Å². The van der Waals surface area contributed by atoms with Crippen molar-refractivity contribution in [2.75, 3.05) is 38.2 Å². The van der Waals surface area contributed by atoms with Crippen LogP contribution < -0.4 is 10.9 Å². The molecule has 2 aliphatic rings. The van der Waals surface area contributed by atoms with Gasteiger partial charge in [0, 0.05) is 37.1 Å². The van der Waals surface area contributed by atoms with Gasteiger partial charge in [0.1, 0.15) is 5.39 Å². The molecule has 2 atom stereocenters. The van der Waals surface area contributed by atoms with Crippen LogP contribution in [0, 0.1) is 6.92 Å². The molecule has 0 aliphatic carbocycles. The Kier molecular flexibility index (Phi) is 5.90. The van der Waals surface area contributed by atoms with Crippen LogP contribution in [-0.2, 0) is 9.47 Å². The topological polar surface area (TPSA) is 101 Å². The molecule has 0 radical (unpaired) electrons. The van der Waals surface area contributed by atoms with Gasteiger partial charge in [-0.15, -0.1) is 0 Å². The van der Waals surface area contributed by atoms with E-state index in [1.165, 1.54) is 0 Å². The Bertz CT molecular complexity index is 1230. The number of anilines is 2. The highest BCUT2D eigenvalue weighted by atomic mass is 16.5. The van der Waals surface area contributed by atoms with E-state index in [0.717, 1.165) is 36.2 Å². The van der Waals surface area contributed by atoms with Crippen LogP contribution in [0.5, 0.6) is 0 Å². The summed E-state index contributed by atoms with van der Waals surface area (Å²) in [5, 5.41) is 8.57. The fourth-order valence-electron chi connectivity index (χ4n) is 4.67. The van der Waals surface area contributed by atoms with E-state index in [1.54, 1.807) is 6.20 Å². The minimum absolute atomic E-state index is 0.0117. The van der Waals surface area contributed by atoms with Gasteiger partial charge >= 0.3 is 0 Å². The van der Waals surface area contributed by atoms with Crippen molar-refractivity contribution in [3.05, 3.63) is 51.9 Å². The first-order valence-corrected chi connectivity index (χ1v) is 11.5. The van der Waals surface area contributed by atoms with Crippen molar-refractivity contribution in [3.8, 4) is 0 Å². The number of rotatable bonds is 4. The van der Waals surface area contributed by atoms with Crippen LogP contribution in [0.25, 0.3) is 10.9 Å². The number of fused-ring (bicyclic) bond motifs is 1. The van der Waals surface area contributed by atoms with Crippen LogP contribution in [0.3, 0.4) is 0 Å². The molecule has 3 aromatic rings. The van der Waals surface area contributed by atoms with Crippen molar-refractivity contribution in [3.63, 3.8) is 0 Å². The minimum atomic E-state index is -0.192. The van der Waals surface area contributed by atoms with E-state index in [9.17, 15) is 9.59 Å². The van der Waals surface area contributed by atoms with Crippen LogP contribution >= 0.6 is 0 Å². The fourth-order valence-corrected chi connectivity index (χ4v) is 4.67. The van der Waals surface area contributed by atoms with Crippen LogP contribution in [0.4, 0.5) is 11.5 Å². The molecule has 33 heavy (non-hydrogen) atoms. The number of aromatic amines is 1. The molecule has 0 saturated carbocycles. The summed E-state index contributed by atoms with van der Waals surface area (Å²) in [6.45, 7) is 6.99. The van der Waals surface area contributed by atoms with E-state index in [-0.39, 0.29) is 23.6 Å². The highest BCUT2D eigenvalue weighted by molar-refractivity contribution is 5.96. The number of nitrogens with zero attached hydrogens (tertiary/aromatic N) is 3. The number of morpholine rings is 1. The number of aryl methyl sites for hydroxylation is 1. The molecule has 0 bridgehead atoms. The van der Waals surface area contributed by atoms with Gasteiger partial charge in [-0.25, -0.2) is 0 Å². The molecule has 1 amide bonds. The molecular weight excluding hydrogens is 422 g/mol. The molecule has 2 fully saturated rings. The summed E-state index contributed by atoms with van der Waals surface area (Å²) in [5.74, 6) is 0.510. The molecule has 2 saturated heterocycles. The fraction of sp³-hybridized carbons (Fsp3) is 0.458. The van der Waals surface area contributed by atoms with Gasteiger partial charge in [-0.05, 0) is 56.5 Å². The summed E-state index contributed by atoms with van der Waals surface area (Å²) in [5.41, 5.74) is 2.89. The molecule has 174 valence electrons. The maximum Gasteiger partial charge on any atom is 0.261 e. The van der Waals surface area contributed by atoms with Crippen LogP contribution in [0.2, 0.25) is 0 Å². The lowest BCUT2D eigenvalue weighted by Gasteiger charge is -2.31. The van der Waals surface area contributed by atoms with E-state index < -0.39 is 0 Å². The highest BCUT2D eigenvalue weighted by Gasteiger charge is 2.25. The Morgan fingerprint density at radius 1 is 1.27 bits per heavy atom. The maximum atomic E-state index is 13.0. The Hall–Kier alpha value is -3.17. The maximum absolute atomic E-state index is 13.0. The SMILES string of the molecule is Cc1cc(Nc2nn(C3CCCOC3)c3cc[nH]c(=O)c23)ccc1C(=O)N1CCOC(C)C1. The summed E-state index contributed by atoms with van der Waals surface area (Å²) in [6.07, 6.45) is 3.61. The van der Waals surface area contributed by atoms with Gasteiger partial charge in [-0.3, -0.25) is 14.3 Å². The molecule has 5 rings (SSSR count). The lowest BCUT2D eigenvalue weighted by molar-refractivity contribution is -0.0124. The molecule has 9 nitrogen and oxygen atoms in total. The van der Waals surface area contributed by atoms with E-state index in [1.807, 2.05) is 47.7 Å². The van der Waals surface area contributed by atoms with E-state index >= 15 is 0 Å². The quantitative estimate of drug-likeness (QED) is 0.632. The first kappa shape index (κ1) is 21.7. The normalized spacial score (nSPS) is 21.3. The first-order valence-electron chi connectivity index (χ1n) is 11.5. The lowest BCUT2D eigenvalue weighted by atomic mass is 10.1. The van der Waals surface area contributed by atoms with E-state index in [0.29, 0.717) is 43.1 Å². The van der Waals surface area contributed by atoms with Gasteiger partial charge < -0.3 is 24.7 Å².